The third-order valence-corrected chi connectivity index (χ3v) is 3.67. The highest BCUT2D eigenvalue weighted by atomic mass is 32.3. The zero-order valence-corrected chi connectivity index (χ0v) is 11.2. The number of piperidine rings is 1. The summed E-state index contributed by atoms with van der Waals surface area (Å²) in [7, 11) is -4.98. The number of carbonyl (C=O) groups is 1. The molecule has 0 N–H and O–H groups in total. The molecule has 0 saturated carbocycles. The van der Waals surface area contributed by atoms with Gasteiger partial charge in [-0.3, -0.25) is 0 Å². The number of hydrogen-bond donors (Lipinski definition) is 0. The van der Waals surface area contributed by atoms with Crippen molar-refractivity contribution in [2.24, 2.45) is 0 Å². The topological polar surface area (TPSA) is 129 Å². The molecule has 2 aliphatic heterocycles. The van der Waals surface area contributed by atoms with E-state index in [4.69, 9.17) is 4.52 Å². The minimum Gasteiger partial charge on any atom is -0.724 e. The van der Waals surface area contributed by atoms with E-state index in [0.29, 0.717) is 29.6 Å². The second kappa shape index (κ2) is 4.40. The number of rotatable bonds is 3. The van der Waals surface area contributed by atoms with Crippen LogP contribution in [0, 0.1) is 6.92 Å². The predicted molar refractivity (Wildman–Crippen MR) is 60.6 cm³/mol. The molecule has 20 heavy (non-hydrogen) atoms. The van der Waals surface area contributed by atoms with Crippen LogP contribution >= 0.6 is 0 Å². The average molecular weight is 304 g/mol. The van der Waals surface area contributed by atoms with Crippen LogP contribution in [0.15, 0.2) is 4.52 Å². The van der Waals surface area contributed by atoms with Crippen molar-refractivity contribution in [2.45, 2.75) is 31.8 Å². The van der Waals surface area contributed by atoms with Gasteiger partial charge in [0.25, 0.3) is 0 Å². The van der Waals surface area contributed by atoms with Gasteiger partial charge in [-0.1, -0.05) is 5.16 Å². The molecule has 0 aromatic carbocycles. The Kier molecular flexibility index (Phi) is 2.92. The molecule has 0 aliphatic carbocycles. The molecule has 3 rings (SSSR count). The zero-order chi connectivity index (χ0) is 14.5. The van der Waals surface area contributed by atoms with Crippen molar-refractivity contribution in [1.29, 1.82) is 0 Å². The highest BCUT2D eigenvalue weighted by molar-refractivity contribution is 7.80. The van der Waals surface area contributed by atoms with Crippen LogP contribution in [0.5, 0.6) is 0 Å². The number of carbonyl (C=O) groups excluding carboxylic acids is 1. The summed E-state index contributed by atoms with van der Waals surface area (Å²) in [6, 6.07) is -1.58. The third kappa shape index (κ3) is 2.23. The summed E-state index contributed by atoms with van der Waals surface area (Å²) in [5.74, 6) is 0.741. The van der Waals surface area contributed by atoms with E-state index in [9.17, 15) is 17.8 Å². The Morgan fingerprint density at radius 2 is 2.25 bits per heavy atom. The van der Waals surface area contributed by atoms with Crippen molar-refractivity contribution in [3.05, 3.63) is 11.7 Å². The molecular weight excluding hydrogens is 292 g/mol. The molecule has 110 valence electrons. The van der Waals surface area contributed by atoms with Gasteiger partial charge in [0, 0.05) is 6.54 Å². The SMILES string of the molecule is Cc1noc([C@@H]2CC[C@@H]3CN2C(=O)N3OS(=O)(=O)[O-])n1.[H+]. The second-order valence-electron chi connectivity index (χ2n) is 4.67. The van der Waals surface area contributed by atoms with Crippen LogP contribution in [-0.2, 0) is 14.7 Å². The van der Waals surface area contributed by atoms with Crippen LogP contribution in [0.3, 0.4) is 0 Å². The molecule has 2 atom stereocenters. The molecule has 0 unspecified atom stereocenters. The number of amides is 2. The lowest BCUT2D eigenvalue weighted by Gasteiger charge is -2.27. The number of hydrogen-bond acceptors (Lipinski definition) is 8. The summed E-state index contributed by atoms with van der Waals surface area (Å²) >= 11 is 0. The molecule has 0 radical (unpaired) electrons. The molecule has 10 nitrogen and oxygen atoms in total. The first-order valence-corrected chi connectivity index (χ1v) is 7.24. The molecule has 2 amide bonds. The summed E-state index contributed by atoms with van der Waals surface area (Å²) in [5.41, 5.74) is 0. The van der Waals surface area contributed by atoms with Crippen LogP contribution < -0.4 is 0 Å². The van der Waals surface area contributed by atoms with Gasteiger partial charge in [-0.2, -0.15) is 14.3 Å². The van der Waals surface area contributed by atoms with Gasteiger partial charge in [0.1, 0.15) is 6.04 Å². The maximum Gasteiger partial charge on any atom is 1.00 e. The number of hydroxylamine groups is 2. The lowest BCUT2D eigenvalue weighted by Crippen LogP contribution is -2.35. The lowest BCUT2D eigenvalue weighted by atomic mass is 10.0. The van der Waals surface area contributed by atoms with Gasteiger partial charge in [-0.15, -0.1) is 0 Å². The second-order valence-corrected chi connectivity index (χ2v) is 5.64. The Hall–Kier alpha value is -1.72. The van der Waals surface area contributed by atoms with Crippen molar-refractivity contribution in [3.63, 3.8) is 0 Å². The van der Waals surface area contributed by atoms with Gasteiger partial charge >= 0.3 is 7.46 Å². The number of fused-ring (bicyclic) bond motifs is 2. The Morgan fingerprint density at radius 3 is 2.85 bits per heavy atom. The molecule has 0 spiro atoms. The number of aryl methyl sites for hydroxylation is 1. The highest BCUT2D eigenvalue weighted by Crippen LogP contribution is 2.37. The Bertz CT molecular complexity index is 648. The van der Waals surface area contributed by atoms with Crippen molar-refractivity contribution in [2.75, 3.05) is 6.54 Å². The maximum atomic E-state index is 12.1. The molecule has 1 aromatic rings. The van der Waals surface area contributed by atoms with E-state index in [1.165, 1.54) is 4.90 Å². The van der Waals surface area contributed by atoms with Crippen molar-refractivity contribution in [1.82, 2.24) is 20.1 Å². The Labute approximate surface area is 115 Å². The lowest BCUT2D eigenvalue weighted by molar-refractivity contribution is -0.0328. The number of aromatic nitrogens is 2. The van der Waals surface area contributed by atoms with E-state index in [0.717, 1.165) is 0 Å². The third-order valence-electron chi connectivity index (χ3n) is 3.32. The van der Waals surface area contributed by atoms with Gasteiger partial charge in [0.2, 0.25) is 16.3 Å². The summed E-state index contributed by atoms with van der Waals surface area (Å²) in [5, 5.41) is 4.28. The van der Waals surface area contributed by atoms with Crippen LogP contribution in [0.25, 0.3) is 0 Å². The molecule has 2 saturated heterocycles. The van der Waals surface area contributed by atoms with E-state index in [1.807, 2.05) is 0 Å². The van der Waals surface area contributed by atoms with Crippen molar-refractivity contribution < 1.29 is 28.0 Å². The predicted octanol–water partition coefficient (Wildman–Crippen LogP) is -0.177. The van der Waals surface area contributed by atoms with Crippen LogP contribution in [0.1, 0.15) is 32.0 Å². The number of urea groups is 1. The van der Waals surface area contributed by atoms with E-state index in [1.54, 1.807) is 6.92 Å². The molecule has 3 heterocycles. The van der Waals surface area contributed by atoms with E-state index in [-0.39, 0.29) is 7.97 Å². The normalized spacial score (nSPS) is 26.4. The minimum atomic E-state index is -4.98. The van der Waals surface area contributed by atoms with Gasteiger partial charge in [-0.05, 0) is 19.8 Å². The fourth-order valence-corrected chi connectivity index (χ4v) is 2.92. The van der Waals surface area contributed by atoms with Crippen molar-refractivity contribution in [3.8, 4) is 0 Å². The largest absolute Gasteiger partial charge is 1.00 e. The van der Waals surface area contributed by atoms with E-state index >= 15 is 0 Å². The fraction of sp³-hybridized carbons (Fsp3) is 0.667. The number of nitrogens with zero attached hydrogens (tertiary/aromatic N) is 4. The summed E-state index contributed by atoms with van der Waals surface area (Å²) in [6.45, 7) is 1.91. The molecule has 2 aliphatic rings. The molecule has 2 fully saturated rings. The quantitative estimate of drug-likeness (QED) is 0.555. The zero-order valence-electron chi connectivity index (χ0n) is 11.4. The van der Waals surface area contributed by atoms with Gasteiger partial charge in [0.05, 0.1) is 6.04 Å². The van der Waals surface area contributed by atoms with E-state index < -0.39 is 28.5 Å². The molecular formula is C9H12N4O6S. The first kappa shape index (κ1) is 13.3. The van der Waals surface area contributed by atoms with Crippen LogP contribution in [0.2, 0.25) is 0 Å². The van der Waals surface area contributed by atoms with Crippen LogP contribution in [0.4, 0.5) is 4.79 Å². The standard InChI is InChI=1S/C9H12N4O6S/c1-5-10-8(18-11-5)7-3-2-6-4-12(7)9(14)13(6)19-20(15,16)17/h6-7H,2-4H2,1H3,(H,15,16,17)/t6-,7+/m1/s1. The summed E-state index contributed by atoms with van der Waals surface area (Å²) in [6.07, 6.45) is 1.00. The molecule has 1 aromatic heterocycles. The fourth-order valence-electron chi connectivity index (χ4n) is 2.53. The Morgan fingerprint density at radius 1 is 1.50 bits per heavy atom. The maximum absolute atomic E-state index is 12.1. The first-order chi connectivity index (χ1) is 9.35. The Balaban J connectivity index is 0.00000161. The van der Waals surface area contributed by atoms with Crippen molar-refractivity contribution >= 4 is 16.4 Å². The van der Waals surface area contributed by atoms with Crippen LogP contribution in [-0.4, -0.2) is 51.7 Å². The molecule has 11 heteroatoms. The molecule has 2 bridgehead atoms. The summed E-state index contributed by atoms with van der Waals surface area (Å²) < 4.78 is 41.2. The minimum absolute atomic E-state index is 0. The summed E-state index contributed by atoms with van der Waals surface area (Å²) in [4.78, 5) is 17.5. The first-order valence-electron chi connectivity index (χ1n) is 5.90. The van der Waals surface area contributed by atoms with Gasteiger partial charge < -0.3 is 14.0 Å². The smallest absolute Gasteiger partial charge is 0.724 e. The van der Waals surface area contributed by atoms with E-state index in [2.05, 4.69) is 14.4 Å². The average Bonchev–Trinajstić information content (AvgIpc) is 2.88. The highest BCUT2D eigenvalue weighted by Gasteiger charge is 2.48. The van der Waals surface area contributed by atoms with Gasteiger partial charge in [0.15, 0.2) is 5.82 Å². The van der Waals surface area contributed by atoms with Gasteiger partial charge in [-0.25, -0.2) is 13.2 Å². The monoisotopic (exact) mass is 304 g/mol.